The second-order valence-electron chi connectivity index (χ2n) is 4.62. The van der Waals surface area contributed by atoms with Crippen LogP contribution in [-0.4, -0.2) is 43.7 Å². The molecule has 19 heavy (non-hydrogen) atoms. The quantitative estimate of drug-likeness (QED) is 0.916. The van der Waals surface area contributed by atoms with Crippen molar-refractivity contribution in [1.82, 2.24) is 10.2 Å². The van der Waals surface area contributed by atoms with E-state index in [2.05, 4.69) is 10.2 Å². The molecule has 0 aliphatic carbocycles. The highest BCUT2D eigenvalue weighted by Gasteiger charge is 2.24. The van der Waals surface area contributed by atoms with Gasteiger partial charge in [-0.3, -0.25) is 9.69 Å². The van der Waals surface area contributed by atoms with Crippen molar-refractivity contribution >= 4 is 17.5 Å². The average Bonchev–Trinajstić information content (AvgIpc) is 2.42. The largest absolute Gasteiger partial charge is 0.379 e. The number of nitrogens with one attached hydrogen (secondary N) is 1. The van der Waals surface area contributed by atoms with Crippen molar-refractivity contribution in [2.24, 2.45) is 0 Å². The summed E-state index contributed by atoms with van der Waals surface area (Å²) in [6, 6.07) is 7.90. The van der Waals surface area contributed by atoms with Crippen LogP contribution in [0.25, 0.3) is 0 Å². The highest BCUT2D eigenvalue weighted by Crippen LogP contribution is 2.27. The molecule has 0 spiro atoms. The predicted octanol–water partition coefficient (Wildman–Crippen LogP) is 1.85. The Hall–Kier alpha value is -1.10. The third-order valence-electron chi connectivity index (χ3n) is 3.30. The van der Waals surface area contributed by atoms with Crippen molar-refractivity contribution in [3.63, 3.8) is 0 Å². The number of carbonyl (C=O) groups excluding carboxylic acids is 1. The molecule has 1 aromatic carbocycles. The smallest absolute Gasteiger partial charge is 0.216 e. The van der Waals surface area contributed by atoms with E-state index >= 15 is 0 Å². The number of amides is 1. The van der Waals surface area contributed by atoms with Crippen molar-refractivity contribution in [3.05, 3.63) is 34.9 Å². The van der Waals surface area contributed by atoms with E-state index in [1.54, 1.807) is 0 Å². The molecule has 0 radical (unpaired) electrons. The molecule has 1 aliphatic rings. The van der Waals surface area contributed by atoms with Gasteiger partial charge in [-0.2, -0.15) is 0 Å². The van der Waals surface area contributed by atoms with Crippen LogP contribution in [0, 0.1) is 0 Å². The third-order valence-corrected chi connectivity index (χ3v) is 3.64. The first-order valence-corrected chi connectivity index (χ1v) is 6.87. The maximum absolute atomic E-state index is 11.2. The Balaban J connectivity index is 2.17. The van der Waals surface area contributed by atoms with Gasteiger partial charge in [0.1, 0.15) is 0 Å². The molecule has 0 unspecified atom stereocenters. The van der Waals surface area contributed by atoms with Crippen LogP contribution in [0.2, 0.25) is 5.02 Å². The maximum atomic E-state index is 11.2. The van der Waals surface area contributed by atoms with E-state index in [1.807, 2.05) is 24.3 Å². The summed E-state index contributed by atoms with van der Waals surface area (Å²) in [5.74, 6) is -0.0229. The summed E-state index contributed by atoms with van der Waals surface area (Å²) in [5, 5.41) is 3.63. The minimum atomic E-state index is -0.0229. The highest BCUT2D eigenvalue weighted by molar-refractivity contribution is 6.31. The van der Waals surface area contributed by atoms with Gasteiger partial charge in [0.05, 0.1) is 19.3 Å². The summed E-state index contributed by atoms with van der Waals surface area (Å²) in [7, 11) is 0. The lowest BCUT2D eigenvalue weighted by Crippen LogP contribution is -2.43. The van der Waals surface area contributed by atoms with Crippen molar-refractivity contribution in [3.8, 4) is 0 Å². The second-order valence-corrected chi connectivity index (χ2v) is 5.03. The molecule has 0 bridgehead atoms. The van der Waals surface area contributed by atoms with Gasteiger partial charge in [0.2, 0.25) is 5.91 Å². The minimum Gasteiger partial charge on any atom is -0.379 e. The number of carbonyl (C=O) groups is 1. The standard InChI is InChI=1S/C14H19ClN2O2/c1-11(18)16-10-14(17-6-8-19-9-7-17)12-4-2-3-5-13(12)15/h2-5,14H,6-10H2,1H3,(H,16,18)/t14-/m1/s1. The van der Waals surface area contributed by atoms with Crippen LogP contribution < -0.4 is 5.32 Å². The van der Waals surface area contributed by atoms with Crippen LogP contribution in [0.15, 0.2) is 24.3 Å². The van der Waals surface area contributed by atoms with E-state index in [4.69, 9.17) is 16.3 Å². The van der Waals surface area contributed by atoms with Gasteiger partial charge >= 0.3 is 0 Å². The van der Waals surface area contributed by atoms with Gasteiger partial charge in [-0.1, -0.05) is 29.8 Å². The zero-order valence-electron chi connectivity index (χ0n) is 11.1. The SMILES string of the molecule is CC(=O)NC[C@H](c1ccccc1Cl)N1CCOCC1. The van der Waals surface area contributed by atoms with E-state index in [0.29, 0.717) is 6.54 Å². The van der Waals surface area contributed by atoms with Crippen LogP contribution in [0.4, 0.5) is 0 Å². The minimum absolute atomic E-state index is 0.0229. The molecule has 5 heteroatoms. The summed E-state index contributed by atoms with van der Waals surface area (Å²) in [5.41, 5.74) is 1.06. The van der Waals surface area contributed by atoms with Gasteiger partial charge in [-0.25, -0.2) is 0 Å². The molecule has 1 aromatic rings. The van der Waals surface area contributed by atoms with Crippen LogP contribution in [-0.2, 0) is 9.53 Å². The Labute approximate surface area is 118 Å². The zero-order chi connectivity index (χ0) is 13.7. The monoisotopic (exact) mass is 282 g/mol. The zero-order valence-corrected chi connectivity index (χ0v) is 11.8. The summed E-state index contributed by atoms with van der Waals surface area (Å²) in [6.07, 6.45) is 0. The van der Waals surface area contributed by atoms with E-state index in [9.17, 15) is 4.79 Å². The van der Waals surface area contributed by atoms with Gasteiger partial charge in [0.25, 0.3) is 0 Å². The normalized spacial score (nSPS) is 18.0. The topological polar surface area (TPSA) is 41.6 Å². The van der Waals surface area contributed by atoms with E-state index < -0.39 is 0 Å². The Morgan fingerprint density at radius 1 is 1.42 bits per heavy atom. The summed E-state index contributed by atoms with van der Waals surface area (Å²) in [6.45, 7) is 5.26. The predicted molar refractivity (Wildman–Crippen MR) is 75.3 cm³/mol. The fraction of sp³-hybridized carbons (Fsp3) is 0.500. The molecule has 0 saturated carbocycles. The molecule has 1 fully saturated rings. The molecule has 0 aromatic heterocycles. The summed E-state index contributed by atoms with van der Waals surface area (Å²) in [4.78, 5) is 13.5. The van der Waals surface area contributed by atoms with Crippen molar-refractivity contribution in [2.75, 3.05) is 32.8 Å². The molecule has 1 atom stereocenters. The Morgan fingerprint density at radius 3 is 2.74 bits per heavy atom. The highest BCUT2D eigenvalue weighted by atomic mass is 35.5. The van der Waals surface area contributed by atoms with E-state index in [0.717, 1.165) is 36.9 Å². The van der Waals surface area contributed by atoms with E-state index in [1.165, 1.54) is 6.92 Å². The van der Waals surface area contributed by atoms with Gasteiger partial charge in [0, 0.05) is 31.6 Å². The number of benzene rings is 1. The van der Waals surface area contributed by atoms with Crippen molar-refractivity contribution < 1.29 is 9.53 Å². The molecule has 1 saturated heterocycles. The lowest BCUT2D eigenvalue weighted by Gasteiger charge is -2.35. The van der Waals surface area contributed by atoms with Gasteiger partial charge in [0.15, 0.2) is 0 Å². The average molecular weight is 283 g/mol. The number of halogens is 1. The Kier molecular flexibility index (Phi) is 5.19. The third kappa shape index (κ3) is 3.93. The molecule has 1 heterocycles. The number of hydrogen-bond donors (Lipinski definition) is 1. The van der Waals surface area contributed by atoms with Crippen LogP contribution >= 0.6 is 11.6 Å². The molecule has 1 aliphatic heterocycles. The lowest BCUT2D eigenvalue weighted by molar-refractivity contribution is -0.119. The first-order chi connectivity index (χ1) is 9.18. The number of hydrogen-bond acceptors (Lipinski definition) is 3. The van der Waals surface area contributed by atoms with Crippen LogP contribution in [0.1, 0.15) is 18.5 Å². The van der Waals surface area contributed by atoms with Gasteiger partial charge in [-0.15, -0.1) is 0 Å². The van der Waals surface area contributed by atoms with E-state index in [-0.39, 0.29) is 11.9 Å². The molecule has 1 amide bonds. The number of ether oxygens (including phenoxy) is 1. The first kappa shape index (κ1) is 14.3. The summed E-state index contributed by atoms with van der Waals surface area (Å²) >= 11 is 6.28. The molecule has 2 rings (SSSR count). The number of morpholine rings is 1. The fourth-order valence-corrected chi connectivity index (χ4v) is 2.57. The van der Waals surface area contributed by atoms with Gasteiger partial charge in [-0.05, 0) is 11.6 Å². The van der Waals surface area contributed by atoms with Crippen molar-refractivity contribution in [2.45, 2.75) is 13.0 Å². The first-order valence-electron chi connectivity index (χ1n) is 6.49. The van der Waals surface area contributed by atoms with Crippen molar-refractivity contribution in [1.29, 1.82) is 0 Å². The summed E-state index contributed by atoms with van der Waals surface area (Å²) < 4.78 is 5.38. The molecular weight excluding hydrogens is 264 g/mol. The van der Waals surface area contributed by atoms with Crippen LogP contribution in [0.5, 0.6) is 0 Å². The Bertz CT molecular complexity index is 433. The lowest BCUT2D eigenvalue weighted by atomic mass is 10.0. The molecular formula is C14H19ClN2O2. The number of nitrogens with zero attached hydrogens (tertiary/aromatic N) is 1. The molecule has 104 valence electrons. The fourth-order valence-electron chi connectivity index (χ4n) is 2.31. The second kappa shape index (κ2) is 6.89. The van der Waals surface area contributed by atoms with Crippen LogP contribution in [0.3, 0.4) is 0 Å². The molecule has 4 nitrogen and oxygen atoms in total. The van der Waals surface area contributed by atoms with Gasteiger partial charge < -0.3 is 10.1 Å². The number of rotatable bonds is 4. The maximum Gasteiger partial charge on any atom is 0.216 e. The Morgan fingerprint density at radius 2 is 2.11 bits per heavy atom. The molecule has 1 N–H and O–H groups in total.